The molecule has 3 atom stereocenters. The minimum atomic E-state index is -0.989. The lowest BCUT2D eigenvalue weighted by Gasteiger charge is -2.19. The van der Waals surface area contributed by atoms with Gasteiger partial charge in [-0.1, -0.05) is 20.3 Å². The Labute approximate surface area is 95.6 Å². The summed E-state index contributed by atoms with van der Waals surface area (Å²) in [5.74, 6) is -0.507. The molecule has 0 aromatic rings. The molecule has 1 saturated carbocycles. The number of amides is 2. The van der Waals surface area contributed by atoms with Gasteiger partial charge in [0.1, 0.15) is 6.04 Å². The highest BCUT2D eigenvalue weighted by atomic mass is 16.4. The molecule has 2 amide bonds. The number of carboxylic acids is 1. The van der Waals surface area contributed by atoms with Gasteiger partial charge in [0.05, 0.1) is 0 Å². The summed E-state index contributed by atoms with van der Waals surface area (Å²) in [7, 11) is 0. The van der Waals surface area contributed by atoms with E-state index < -0.39 is 12.0 Å². The summed E-state index contributed by atoms with van der Waals surface area (Å²) < 4.78 is 0. The van der Waals surface area contributed by atoms with Crippen molar-refractivity contribution < 1.29 is 14.7 Å². The third-order valence-electron chi connectivity index (χ3n) is 3.19. The monoisotopic (exact) mass is 228 g/mol. The molecule has 5 heteroatoms. The zero-order valence-electron chi connectivity index (χ0n) is 9.82. The van der Waals surface area contributed by atoms with Gasteiger partial charge in [-0.3, -0.25) is 0 Å². The molecule has 1 aliphatic carbocycles. The third kappa shape index (κ3) is 3.40. The van der Waals surface area contributed by atoms with Gasteiger partial charge in [0.2, 0.25) is 0 Å². The van der Waals surface area contributed by atoms with Gasteiger partial charge in [-0.15, -0.1) is 0 Å². The fourth-order valence-corrected chi connectivity index (χ4v) is 2.07. The summed E-state index contributed by atoms with van der Waals surface area (Å²) in [6.45, 7) is 3.84. The van der Waals surface area contributed by atoms with Crippen LogP contribution in [0.1, 0.15) is 39.5 Å². The Kier molecular flexibility index (Phi) is 4.58. The number of hydrogen-bond acceptors (Lipinski definition) is 2. The minimum Gasteiger partial charge on any atom is -0.480 e. The van der Waals surface area contributed by atoms with E-state index in [-0.39, 0.29) is 12.1 Å². The van der Waals surface area contributed by atoms with Crippen molar-refractivity contribution in [2.75, 3.05) is 0 Å². The number of hydrogen-bond donors (Lipinski definition) is 3. The van der Waals surface area contributed by atoms with Gasteiger partial charge in [0, 0.05) is 6.04 Å². The van der Waals surface area contributed by atoms with Gasteiger partial charge < -0.3 is 15.7 Å². The van der Waals surface area contributed by atoms with Gasteiger partial charge in [-0.2, -0.15) is 0 Å². The highest BCUT2D eigenvalue weighted by Crippen LogP contribution is 2.24. The molecular formula is C11H20N2O3. The van der Waals surface area contributed by atoms with Crippen molar-refractivity contribution in [1.82, 2.24) is 10.6 Å². The largest absolute Gasteiger partial charge is 0.480 e. The van der Waals surface area contributed by atoms with Crippen molar-refractivity contribution >= 4 is 12.0 Å². The summed E-state index contributed by atoms with van der Waals surface area (Å²) in [4.78, 5) is 22.3. The molecular weight excluding hydrogens is 208 g/mol. The summed E-state index contributed by atoms with van der Waals surface area (Å²) >= 11 is 0. The number of rotatable bonds is 4. The van der Waals surface area contributed by atoms with Crippen LogP contribution in [0.4, 0.5) is 4.79 Å². The Morgan fingerprint density at radius 1 is 1.44 bits per heavy atom. The highest BCUT2D eigenvalue weighted by Gasteiger charge is 2.26. The lowest BCUT2D eigenvalue weighted by Crippen LogP contribution is -2.49. The minimum absolute atomic E-state index is 0.186. The summed E-state index contributed by atoms with van der Waals surface area (Å²) in [6, 6.07) is -0.976. The van der Waals surface area contributed by atoms with E-state index in [0.29, 0.717) is 12.3 Å². The average molecular weight is 228 g/mol. The fraction of sp³-hybridized carbons (Fsp3) is 0.818. The average Bonchev–Trinajstić information content (AvgIpc) is 2.60. The van der Waals surface area contributed by atoms with Gasteiger partial charge in [0.15, 0.2) is 0 Å². The maximum Gasteiger partial charge on any atom is 0.326 e. The predicted octanol–water partition coefficient (Wildman–Crippen LogP) is 1.34. The van der Waals surface area contributed by atoms with Crippen LogP contribution in [0.25, 0.3) is 0 Å². The molecule has 92 valence electrons. The number of carbonyl (C=O) groups excluding carboxylic acids is 1. The number of urea groups is 1. The standard InChI is InChI=1S/C11H20N2O3/c1-3-8(10(14)15)12-11(16)13-9-6-4-5-7(9)2/h7-9H,3-6H2,1-2H3,(H,14,15)(H2,12,13,16). The van der Waals surface area contributed by atoms with E-state index in [1.807, 2.05) is 0 Å². The van der Waals surface area contributed by atoms with E-state index in [1.54, 1.807) is 6.92 Å². The molecule has 0 heterocycles. The van der Waals surface area contributed by atoms with Gasteiger partial charge >= 0.3 is 12.0 Å². The number of carboxylic acid groups (broad SMARTS) is 1. The molecule has 0 saturated heterocycles. The van der Waals surface area contributed by atoms with E-state index in [1.165, 1.54) is 0 Å². The van der Waals surface area contributed by atoms with Crippen LogP contribution in [0, 0.1) is 5.92 Å². The molecule has 0 aliphatic heterocycles. The van der Waals surface area contributed by atoms with Crippen LogP contribution in [0.5, 0.6) is 0 Å². The van der Waals surface area contributed by atoms with Crippen LogP contribution >= 0.6 is 0 Å². The Hall–Kier alpha value is -1.26. The second-order valence-corrected chi connectivity index (χ2v) is 4.43. The molecule has 1 aliphatic rings. The van der Waals surface area contributed by atoms with Crippen molar-refractivity contribution in [3.63, 3.8) is 0 Å². The first-order chi connectivity index (χ1) is 7.54. The normalized spacial score (nSPS) is 26.1. The van der Waals surface area contributed by atoms with Crippen LogP contribution in [0.15, 0.2) is 0 Å². The number of aliphatic carboxylic acids is 1. The Morgan fingerprint density at radius 3 is 2.56 bits per heavy atom. The van der Waals surface area contributed by atoms with Crippen LogP contribution < -0.4 is 10.6 Å². The molecule has 0 spiro atoms. The van der Waals surface area contributed by atoms with Crippen LogP contribution in [-0.2, 0) is 4.79 Å². The zero-order chi connectivity index (χ0) is 12.1. The van der Waals surface area contributed by atoms with Crippen molar-refractivity contribution in [1.29, 1.82) is 0 Å². The van der Waals surface area contributed by atoms with Crippen molar-refractivity contribution in [2.45, 2.75) is 51.6 Å². The SMILES string of the molecule is CCC(NC(=O)NC1CCCC1C)C(=O)O. The molecule has 16 heavy (non-hydrogen) atoms. The van der Waals surface area contributed by atoms with E-state index >= 15 is 0 Å². The molecule has 0 bridgehead atoms. The zero-order valence-corrected chi connectivity index (χ0v) is 9.82. The molecule has 3 unspecified atom stereocenters. The van der Waals surface area contributed by atoms with Crippen LogP contribution in [0.2, 0.25) is 0 Å². The van der Waals surface area contributed by atoms with Gasteiger partial charge in [-0.25, -0.2) is 9.59 Å². The Balaban J connectivity index is 2.37. The topological polar surface area (TPSA) is 78.4 Å². The molecule has 0 aromatic heterocycles. The first-order valence-electron chi connectivity index (χ1n) is 5.84. The quantitative estimate of drug-likeness (QED) is 0.679. The Bertz CT molecular complexity index is 268. The van der Waals surface area contributed by atoms with E-state index in [0.717, 1.165) is 19.3 Å². The molecule has 5 nitrogen and oxygen atoms in total. The predicted molar refractivity (Wildman–Crippen MR) is 60.2 cm³/mol. The van der Waals surface area contributed by atoms with Crippen molar-refractivity contribution in [2.24, 2.45) is 5.92 Å². The smallest absolute Gasteiger partial charge is 0.326 e. The molecule has 0 radical (unpaired) electrons. The number of carbonyl (C=O) groups is 2. The lowest BCUT2D eigenvalue weighted by atomic mass is 10.1. The van der Waals surface area contributed by atoms with Crippen LogP contribution in [0.3, 0.4) is 0 Å². The van der Waals surface area contributed by atoms with E-state index in [9.17, 15) is 9.59 Å². The van der Waals surface area contributed by atoms with E-state index in [4.69, 9.17) is 5.11 Å². The second-order valence-electron chi connectivity index (χ2n) is 4.43. The van der Waals surface area contributed by atoms with Crippen LogP contribution in [-0.4, -0.2) is 29.2 Å². The van der Waals surface area contributed by atoms with Crippen molar-refractivity contribution in [3.8, 4) is 0 Å². The van der Waals surface area contributed by atoms with Gasteiger partial charge in [0.25, 0.3) is 0 Å². The third-order valence-corrected chi connectivity index (χ3v) is 3.19. The van der Waals surface area contributed by atoms with E-state index in [2.05, 4.69) is 17.6 Å². The van der Waals surface area contributed by atoms with Crippen molar-refractivity contribution in [3.05, 3.63) is 0 Å². The van der Waals surface area contributed by atoms with Gasteiger partial charge in [-0.05, 0) is 25.2 Å². The maximum atomic E-state index is 11.5. The summed E-state index contributed by atoms with van der Waals surface area (Å²) in [5, 5.41) is 14.1. The molecule has 1 fully saturated rings. The molecule has 1 rings (SSSR count). The lowest BCUT2D eigenvalue weighted by molar-refractivity contribution is -0.139. The first-order valence-corrected chi connectivity index (χ1v) is 5.84. The summed E-state index contributed by atoms with van der Waals surface area (Å²) in [5.41, 5.74) is 0. The molecule has 3 N–H and O–H groups in total. The molecule has 0 aromatic carbocycles. The Morgan fingerprint density at radius 2 is 2.12 bits per heavy atom. The second kappa shape index (κ2) is 5.72. The fourth-order valence-electron chi connectivity index (χ4n) is 2.07. The number of nitrogens with one attached hydrogen (secondary N) is 2. The maximum absolute atomic E-state index is 11.5. The highest BCUT2D eigenvalue weighted by molar-refractivity contribution is 5.82. The summed E-state index contributed by atoms with van der Waals surface area (Å²) in [6.07, 6.45) is 3.63. The first kappa shape index (κ1) is 12.8.